The molecule has 0 bridgehead atoms. The van der Waals surface area contributed by atoms with Crippen LogP contribution in [0.3, 0.4) is 0 Å². The second-order valence-electron chi connectivity index (χ2n) is 3.54. The van der Waals surface area contributed by atoms with E-state index in [1.165, 1.54) is 0 Å². The van der Waals surface area contributed by atoms with E-state index in [1.54, 1.807) is 6.20 Å². The number of hydrogen-bond donors (Lipinski definition) is 2. The van der Waals surface area contributed by atoms with E-state index in [-0.39, 0.29) is 0 Å². The van der Waals surface area contributed by atoms with Gasteiger partial charge in [-0.2, -0.15) is 0 Å². The van der Waals surface area contributed by atoms with Crippen LogP contribution in [-0.2, 0) is 0 Å². The smallest absolute Gasteiger partial charge is 0.126 e. The van der Waals surface area contributed by atoms with Gasteiger partial charge in [-0.25, -0.2) is 4.98 Å². The molecule has 0 spiro atoms. The molecule has 1 saturated heterocycles. The van der Waals surface area contributed by atoms with Gasteiger partial charge in [0.05, 0.1) is 17.9 Å². The fourth-order valence-corrected chi connectivity index (χ4v) is 1.49. The summed E-state index contributed by atoms with van der Waals surface area (Å²) in [5, 5.41) is 3.33. The number of anilines is 2. The van der Waals surface area contributed by atoms with Gasteiger partial charge in [-0.05, 0) is 19.2 Å². The van der Waals surface area contributed by atoms with Crippen molar-refractivity contribution in [2.45, 2.75) is 6.04 Å². The van der Waals surface area contributed by atoms with Crippen molar-refractivity contribution >= 4 is 11.5 Å². The fourth-order valence-electron chi connectivity index (χ4n) is 1.49. The van der Waals surface area contributed by atoms with Crippen molar-refractivity contribution in [1.82, 2.24) is 9.88 Å². The highest BCUT2D eigenvalue weighted by Gasteiger charge is 2.22. The van der Waals surface area contributed by atoms with Gasteiger partial charge in [0.2, 0.25) is 0 Å². The summed E-state index contributed by atoms with van der Waals surface area (Å²) in [4.78, 5) is 6.43. The minimum Gasteiger partial charge on any atom is -0.397 e. The second-order valence-corrected chi connectivity index (χ2v) is 3.54. The third-order valence-corrected chi connectivity index (χ3v) is 2.20. The average Bonchev–Trinajstić information content (AvgIpc) is 2.06. The summed E-state index contributed by atoms with van der Waals surface area (Å²) in [6, 6.07) is 4.31. The van der Waals surface area contributed by atoms with E-state index in [9.17, 15) is 0 Å². The molecule has 0 atom stereocenters. The Balaban J connectivity index is 1.91. The van der Waals surface area contributed by atoms with E-state index in [2.05, 4.69) is 22.2 Å². The first kappa shape index (κ1) is 8.31. The molecule has 1 aromatic heterocycles. The Morgan fingerprint density at radius 1 is 1.54 bits per heavy atom. The van der Waals surface area contributed by atoms with Crippen LogP contribution >= 0.6 is 0 Å². The molecule has 0 aromatic carbocycles. The SMILES string of the molecule is CN1CC(Nc2ccc(N)cn2)C1. The fraction of sp³-hybridized carbons (Fsp3) is 0.444. The van der Waals surface area contributed by atoms with Crippen LogP contribution in [0, 0.1) is 0 Å². The molecule has 0 aliphatic carbocycles. The van der Waals surface area contributed by atoms with Crippen LogP contribution in [0.25, 0.3) is 0 Å². The molecule has 0 saturated carbocycles. The number of nitrogen functional groups attached to an aromatic ring is 1. The largest absolute Gasteiger partial charge is 0.397 e. The highest BCUT2D eigenvalue weighted by Crippen LogP contribution is 2.12. The maximum Gasteiger partial charge on any atom is 0.126 e. The van der Waals surface area contributed by atoms with Crippen LogP contribution < -0.4 is 11.1 Å². The van der Waals surface area contributed by atoms with Gasteiger partial charge in [0.15, 0.2) is 0 Å². The van der Waals surface area contributed by atoms with E-state index >= 15 is 0 Å². The van der Waals surface area contributed by atoms with E-state index in [0.717, 1.165) is 18.9 Å². The van der Waals surface area contributed by atoms with E-state index < -0.39 is 0 Å². The monoisotopic (exact) mass is 178 g/mol. The zero-order chi connectivity index (χ0) is 9.26. The second kappa shape index (κ2) is 3.22. The van der Waals surface area contributed by atoms with E-state index in [4.69, 9.17) is 5.73 Å². The average molecular weight is 178 g/mol. The molecule has 1 aromatic rings. The molecule has 0 radical (unpaired) electrons. The molecular weight excluding hydrogens is 164 g/mol. The van der Waals surface area contributed by atoms with Crippen molar-refractivity contribution in [2.75, 3.05) is 31.2 Å². The third-order valence-electron chi connectivity index (χ3n) is 2.20. The zero-order valence-electron chi connectivity index (χ0n) is 7.70. The van der Waals surface area contributed by atoms with Gasteiger partial charge in [0.25, 0.3) is 0 Å². The number of nitrogens with two attached hydrogens (primary N) is 1. The van der Waals surface area contributed by atoms with Gasteiger partial charge in [0.1, 0.15) is 5.82 Å². The number of rotatable bonds is 2. The number of hydrogen-bond acceptors (Lipinski definition) is 4. The maximum atomic E-state index is 5.53. The summed E-state index contributed by atoms with van der Waals surface area (Å²) in [6.07, 6.45) is 1.67. The molecule has 3 N–H and O–H groups in total. The molecule has 13 heavy (non-hydrogen) atoms. The highest BCUT2D eigenvalue weighted by atomic mass is 15.2. The van der Waals surface area contributed by atoms with E-state index in [0.29, 0.717) is 11.7 Å². The minimum atomic E-state index is 0.543. The first-order valence-corrected chi connectivity index (χ1v) is 4.40. The van der Waals surface area contributed by atoms with Crippen molar-refractivity contribution in [1.29, 1.82) is 0 Å². The Hall–Kier alpha value is -1.29. The van der Waals surface area contributed by atoms with Crippen LogP contribution in [0.1, 0.15) is 0 Å². The molecule has 0 amide bonds. The molecule has 4 heteroatoms. The van der Waals surface area contributed by atoms with Crippen LogP contribution in [0.5, 0.6) is 0 Å². The standard InChI is InChI=1S/C9H14N4/c1-13-5-8(6-13)12-9-3-2-7(10)4-11-9/h2-4,8H,5-6,10H2,1H3,(H,11,12). The Labute approximate surface area is 77.8 Å². The highest BCUT2D eigenvalue weighted by molar-refractivity contribution is 5.44. The van der Waals surface area contributed by atoms with Gasteiger partial charge in [-0.1, -0.05) is 0 Å². The molecule has 2 heterocycles. The van der Waals surface area contributed by atoms with Crippen molar-refractivity contribution in [3.8, 4) is 0 Å². The summed E-state index contributed by atoms with van der Waals surface area (Å²) < 4.78 is 0. The zero-order valence-corrected chi connectivity index (χ0v) is 7.70. The Bertz CT molecular complexity index is 276. The molecule has 70 valence electrons. The van der Waals surface area contributed by atoms with Gasteiger partial charge in [0, 0.05) is 13.1 Å². The normalized spacial score (nSPS) is 18.2. The Morgan fingerprint density at radius 3 is 2.85 bits per heavy atom. The quantitative estimate of drug-likeness (QED) is 0.688. The summed E-state index contributed by atoms with van der Waals surface area (Å²) in [6.45, 7) is 2.18. The van der Waals surface area contributed by atoms with Crippen LogP contribution in [0.15, 0.2) is 18.3 Å². The lowest BCUT2D eigenvalue weighted by Crippen LogP contribution is -2.52. The summed E-state index contributed by atoms with van der Waals surface area (Å²) in [7, 11) is 2.11. The summed E-state index contributed by atoms with van der Waals surface area (Å²) >= 11 is 0. The minimum absolute atomic E-state index is 0.543. The molecule has 0 unspecified atom stereocenters. The van der Waals surface area contributed by atoms with Gasteiger partial charge >= 0.3 is 0 Å². The van der Waals surface area contributed by atoms with Gasteiger partial charge in [-0.3, -0.25) is 0 Å². The van der Waals surface area contributed by atoms with Crippen molar-refractivity contribution < 1.29 is 0 Å². The molecule has 1 aliphatic rings. The molecular formula is C9H14N4. The number of nitrogens with one attached hydrogen (secondary N) is 1. The van der Waals surface area contributed by atoms with Crippen molar-refractivity contribution in [2.24, 2.45) is 0 Å². The predicted molar refractivity (Wildman–Crippen MR) is 53.6 cm³/mol. The van der Waals surface area contributed by atoms with Gasteiger partial charge in [-0.15, -0.1) is 0 Å². The number of aromatic nitrogens is 1. The summed E-state index contributed by atoms with van der Waals surface area (Å²) in [5.41, 5.74) is 6.23. The first-order chi connectivity index (χ1) is 6.24. The first-order valence-electron chi connectivity index (χ1n) is 4.40. The molecule has 4 nitrogen and oxygen atoms in total. The van der Waals surface area contributed by atoms with Crippen LogP contribution in [-0.4, -0.2) is 36.1 Å². The topological polar surface area (TPSA) is 54.2 Å². The number of pyridine rings is 1. The number of likely N-dealkylation sites (N-methyl/N-ethyl adjacent to an activating group) is 1. The van der Waals surface area contributed by atoms with Crippen LogP contribution in [0.2, 0.25) is 0 Å². The van der Waals surface area contributed by atoms with E-state index in [1.807, 2.05) is 12.1 Å². The van der Waals surface area contributed by atoms with Crippen molar-refractivity contribution in [3.05, 3.63) is 18.3 Å². The maximum absolute atomic E-state index is 5.53. The Morgan fingerprint density at radius 2 is 2.31 bits per heavy atom. The predicted octanol–water partition coefficient (Wildman–Crippen LogP) is 0.390. The molecule has 2 rings (SSSR count). The lowest BCUT2D eigenvalue weighted by molar-refractivity contribution is 0.205. The number of nitrogens with zero attached hydrogens (tertiary/aromatic N) is 2. The summed E-state index contributed by atoms with van der Waals surface area (Å²) in [5.74, 6) is 0.910. The lowest BCUT2D eigenvalue weighted by atomic mass is 10.1. The van der Waals surface area contributed by atoms with Crippen molar-refractivity contribution in [3.63, 3.8) is 0 Å². The third kappa shape index (κ3) is 1.89. The number of likely N-dealkylation sites (tertiary alicyclic amines) is 1. The lowest BCUT2D eigenvalue weighted by Gasteiger charge is -2.36. The molecule has 1 aliphatic heterocycles. The molecule has 1 fully saturated rings. The van der Waals surface area contributed by atoms with Crippen LogP contribution in [0.4, 0.5) is 11.5 Å². The Kier molecular flexibility index (Phi) is 2.06. The van der Waals surface area contributed by atoms with Gasteiger partial charge < -0.3 is 16.0 Å².